The minimum atomic E-state index is -0.627. The van der Waals surface area contributed by atoms with E-state index in [2.05, 4.69) is 26.0 Å². The van der Waals surface area contributed by atoms with E-state index in [1.807, 2.05) is 23.6 Å². The molecule has 2 heterocycles. The molecule has 0 radical (unpaired) electrons. The van der Waals surface area contributed by atoms with Crippen LogP contribution in [-0.2, 0) is 27.2 Å². The fraction of sp³-hybridized carbons (Fsp3) is 0.400. The van der Waals surface area contributed by atoms with Gasteiger partial charge in [-0.25, -0.2) is 4.79 Å². The molecule has 2 aromatic rings. The number of carbonyl (C=O) groups is 2. The first kappa shape index (κ1) is 19.0. The van der Waals surface area contributed by atoms with E-state index in [1.165, 1.54) is 16.9 Å². The molecule has 1 aromatic carbocycles. The molecule has 0 fully saturated rings. The molecular weight excluding hydrogens is 366 g/mol. The zero-order chi connectivity index (χ0) is 18.7. The molecule has 1 aromatic heterocycles. The predicted molar refractivity (Wildman–Crippen MR) is 106 cm³/mol. The van der Waals surface area contributed by atoms with Gasteiger partial charge in [0.2, 0.25) is 5.91 Å². The number of ether oxygens (including phenoxy) is 1. The van der Waals surface area contributed by atoms with Crippen molar-refractivity contribution >= 4 is 35.0 Å². The molecular formula is C20H23NO3S2. The molecule has 0 N–H and O–H groups in total. The zero-order valence-corrected chi connectivity index (χ0v) is 16.9. The minimum Gasteiger partial charge on any atom is -0.467 e. The molecule has 26 heavy (non-hydrogen) atoms. The summed E-state index contributed by atoms with van der Waals surface area (Å²) < 4.78 is 4.97. The summed E-state index contributed by atoms with van der Waals surface area (Å²) >= 11 is 3.43. The molecule has 1 amide bonds. The molecule has 0 aliphatic carbocycles. The highest BCUT2D eigenvalue weighted by Gasteiger charge is 2.37. The van der Waals surface area contributed by atoms with Crippen molar-refractivity contribution in [3.63, 3.8) is 0 Å². The summed E-state index contributed by atoms with van der Waals surface area (Å²) in [5.74, 6) is -0.414. The van der Waals surface area contributed by atoms with Crippen molar-refractivity contribution in [1.29, 1.82) is 0 Å². The summed E-state index contributed by atoms with van der Waals surface area (Å²) in [4.78, 5) is 29.3. The summed E-state index contributed by atoms with van der Waals surface area (Å²) in [6.45, 7) is 4.86. The molecule has 4 nitrogen and oxygen atoms in total. The number of amides is 1. The first-order chi connectivity index (χ1) is 12.5. The Morgan fingerprint density at radius 2 is 2.00 bits per heavy atom. The highest BCUT2D eigenvalue weighted by Crippen LogP contribution is 2.34. The number of carbonyl (C=O) groups excluding carboxylic acids is 2. The number of benzene rings is 1. The lowest BCUT2D eigenvalue weighted by molar-refractivity contribution is -0.153. The lowest BCUT2D eigenvalue weighted by Crippen LogP contribution is -2.44. The van der Waals surface area contributed by atoms with Gasteiger partial charge in [0.15, 0.2) is 6.04 Å². The third kappa shape index (κ3) is 4.13. The first-order valence-corrected chi connectivity index (χ1v) is 10.4. The summed E-state index contributed by atoms with van der Waals surface area (Å²) in [5, 5.41) is 2.50. The maximum Gasteiger partial charge on any atom is 0.333 e. The van der Waals surface area contributed by atoms with Gasteiger partial charge in [-0.3, -0.25) is 4.79 Å². The van der Waals surface area contributed by atoms with Gasteiger partial charge in [-0.05, 0) is 41.1 Å². The lowest BCUT2D eigenvalue weighted by atomic mass is 9.99. The van der Waals surface area contributed by atoms with Crippen LogP contribution in [0.25, 0.3) is 0 Å². The monoisotopic (exact) mass is 389 g/mol. The molecule has 0 spiro atoms. The summed E-state index contributed by atoms with van der Waals surface area (Å²) in [6.07, 6.45) is 1.08. The second kappa shape index (κ2) is 8.27. The largest absolute Gasteiger partial charge is 0.467 e. The normalized spacial score (nSPS) is 16.5. The van der Waals surface area contributed by atoms with Crippen LogP contribution < -0.4 is 0 Å². The molecule has 1 atom stereocenters. The number of fused-ring (bicyclic) bond motifs is 1. The summed E-state index contributed by atoms with van der Waals surface area (Å²) in [7, 11) is 1.37. The number of esters is 1. The number of methoxy groups -OCH3 is 1. The smallest absolute Gasteiger partial charge is 0.333 e. The van der Waals surface area contributed by atoms with Crippen LogP contribution in [0.2, 0.25) is 0 Å². The van der Waals surface area contributed by atoms with Gasteiger partial charge < -0.3 is 9.64 Å². The van der Waals surface area contributed by atoms with E-state index < -0.39 is 6.04 Å². The third-order valence-electron chi connectivity index (χ3n) is 4.36. The van der Waals surface area contributed by atoms with Gasteiger partial charge >= 0.3 is 5.97 Å². The second-order valence-electron chi connectivity index (χ2n) is 6.55. The molecule has 1 aliphatic rings. The van der Waals surface area contributed by atoms with Crippen molar-refractivity contribution in [2.24, 2.45) is 0 Å². The average Bonchev–Trinajstić information content (AvgIpc) is 3.10. The highest BCUT2D eigenvalue weighted by molar-refractivity contribution is 7.99. The molecule has 138 valence electrons. The molecule has 6 heteroatoms. The van der Waals surface area contributed by atoms with Crippen LogP contribution in [0.5, 0.6) is 0 Å². The Hall–Kier alpha value is -1.79. The third-order valence-corrected chi connectivity index (χ3v) is 6.37. The van der Waals surface area contributed by atoms with Gasteiger partial charge in [0.1, 0.15) is 0 Å². The van der Waals surface area contributed by atoms with Crippen LogP contribution in [-0.4, -0.2) is 35.7 Å². The van der Waals surface area contributed by atoms with Crippen molar-refractivity contribution in [2.45, 2.75) is 42.9 Å². The SMILES string of the molecule is COC(=O)C1c2ccsc2CCN1C(=O)Cc1ccc(SC(C)C)cc1. The Balaban J connectivity index is 1.75. The van der Waals surface area contributed by atoms with E-state index in [-0.39, 0.29) is 11.9 Å². The first-order valence-electron chi connectivity index (χ1n) is 8.68. The predicted octanol–water partition coefficient (Wildman–Crippen LogP) is 4.09. The Morgan fingerprint density at radius 1 is 1.27 bits per heavy atom. The molecule has 0 saturated carbocycles. The number of nitrogens with zero attached hydrogens (tertiary/aromatic N) is 1. The van der Waals surface area contributed by atoms with E-state index in [1.54, 1.807) is 28.0 Å². The van der Waals surface area contributed by atoms with Gasteiger partial charge in [0.25, 0.3) is 0 Å². The van der Waals surface area contributed by atoms with E-state index in [0.29, 0.717) is 18.2 Å². The highest BCUT2D eigenvalue weighted by atomic mass is 32.2. The maximum absolute atomic E-state index is 12.9. The Bertz CT molecular complexity index is 783. The molecule has 1 unspecified atom stereocenters. The minimum absolute atomic E-state index is 0.0403. The molecule has 3 rings (SSSR count). The zero-order valence-electron chi connectivity index (χ0n) is 15.2. The van der Waals surface area contributed by atoms with Crippen molar-refractivity contribution in [1.82, 2.24) is 4.90 Å². The summed E-state index contributed by atoms with van der Waals surface area (Å²) in [5.41, 5.74) is 1.87. The van der Waals surface area contributed by atoms with Gasteiger partial charge in [0.05, 0.1) is 13.5 Å². The summed E-state index contributed by atoms with van der Waals surface area (Å²) in [6, 6.07) is 9.40. The average molecular weight is 390 g/mol. The molecule has 0 bridgehead atoms. The van der Waals surface area contributed by atoms with E-state index in [9.17, 15) is 9.59 Å². The van der Waals surface area contributed by atoms with Gasteiger partial charge in [-0.15, -0.1) is 23.1 Å². The van der Waals surface area contributed by atoms with Gasteiger partial charge in [-0.2, -0.15) is 0 Å². The standard InChI is InChI=1S/C20H23NO3S2/c1-13(2)26-15-6-4-14(5-7-15)12-18(22)21-10-8-17-16(9-11-25-17)19(21)20(23)24-3/h4-7,9,11,13,19H,8,10,12H2,1-3H3. The number of hydrogen-bond donors (Lipinski definition) is 0. The van der Waals surface area contributed by atoms with E-state index >= 15 is 0 Å². The number of hydrogen-bond acceptors (Lipinski definition) is 5. The number of thioether (sulfide) groups is 1. The van der Waals surface area contributed by atoms with Crippen molar-refractivity contribution in [2.75, 3.05) is 13.7 Å². The Labute approximate surface area is 162 Å². The van der Waals surface area contributed by atoms with Crippen molar-refractivity contribution in [3.8, 4) is 0 Å². The number of thiophene rings is 1. The fourth-order valence-corrected chi connectivity index (χ4v) is 4.93. The lowest BCUT2D eigenvalue weighted by Gasteiger charge is -2.34. The van der Waals surface area contributed by atoms with Crippen LogP contribution in [0, 0.1) is 0 Å². The van der Waals surface area contributed by atoms with E-state index in [4.69, 9.17) is 4.74 Å². The van der Waals surface area contributed by atoms with Crippen LogP contribution >= 0.6 is 23.1 Å². The topological polar surface area (TPSA) is 46.6 Å². The fourth-order valence-electron chi connectivity index (χ4n) is 3.19. The maximum atomic E-state index is 12.9. The van der Waals surface area contributed by atoms with Crippen LogP contribution in [0.15, 0.2) is 40.6 Å². The van der Waals surface area contributed by atoms with Crippen molar-refractivity contribution in [3.05, 3.63) is 51.7 Å². The van der Waals surface area contributed by atoms with Gasteiger partial charge in [-0.1, -0.05) is 26.0 Å². The van der Waals surface area contributed by atoms with Crippen LogP contribution in [0.4, 0.5) is 0 Å². The van der Waals surface area contributed by atoms with Crippen LogP contribution in [0.3, 0.4) is 0 Å². The quantitative estimate of drug-likeness (QED) is 0.571. The van der Waals surface area contributed by atoms with E-state index in [0.717, 1.165) is 17.5 Å². The molecule has 0 saturated heterocycles. The second-order valence-corrected chi connectivity index (χ2v) is 9.20. The van der Waals surface area contributed by atoms with Crippen molar-refractivity contribution < 1.29 is 14.3 Å². The number of rotatable bonds is 5. The molecule has 1 aliphatic heterocycles. The Kier molecular flexibility index (Phi) is 6.04. The van der Waals surface area contributed by atoms with Crippen LogP contribution in [0.1, 0.15) is 35.9 Å². The van der Waals surface area contributed by atoms with Gasteiger partial charge in [0, 0.05) is 21.6 Å². The Morgan fingerprint density at radius 3 is 2.65 bits per heavy atom.